The van der Waals surface area contributed by atoms with E-state index in [-0.39, 0.29) is 4.90 Å². The Morgan fingerprint density at radius 3 is 2.48 bits per heavy atom. The van der Waals surface area contributed by atoms with E-state index in [9.17, 15) is 13.2 Å². The SMILES string of the molecule is Cc1ccc(NS(=O)(=O)c2cccc(/C=C/C(=O)NO)c2)cc1. The van der Waals surface area contributed by atoms with Crippen molar-refractivity contribution in [1.29, 1.82) is 0 Å². The third-order valence-electron chi connectivity index (χ3n) is 3.01. The molecule has 0 aliphatic heterocycles. The van der Waals surface area contributed by atoms with E-state index in [4.69, 9.17) is 5.21 Å². The van der Waals surface area contributed by atoms with E-state index in [2.05, 4.69) is 4.72 Å². The van der Waals surface area contributed by atoms with Crippen LogP contribution in [0.1, 0.15) is 11.1 Å². The van der Waals surface area contributed by atoms with Gasteiger partial charge in [-0.25, -0.2) is 13.9 Å². The van der Waals surface area contributed by atoms with Crippen molar-refractivity contribution < 1.29 is 18.4 Å². The molecule has 2 rings (SSSR count). The molecule has 6 nitrogen and oxygen atoms in total. The number of hydrogen-bond donors (Lipinski definition) is 3. The van der Waals surface area contributed by atoms with Gasteiger partial charge in [0.1, 0.15) is 0 Å². The minimum absolute atomic E-state index is 0.0737. The van der Waals surface area contributed by atoms with Crippen LogP contribution in [0.5, 0.6) is 0 Å². The zero-order chi connectivity index (χ0) is 16.9. The van der Waals surface area contributed by atoms with Gasteiger partial charge in [-0.3, -0.25) is 14.7 Å². The molecular formula is C16H16N2O4S. The molecule has 120 valence electrons. The molecule has 23 heavy (non-hydrogen) atoms. The first kappa shape index (κ1) is 16.7. The number of sulfonamides is 1. The molecule has 0 radical (unpaired) electrons. The summed E-state index contributed by atoms with van der Waals surface area (Å²) in [5, 5.41) is 8.42. The van der Waals surface area contributed by atoms with E-state index in [1.807, 2.05) is 19.1 Å². The van der Waals surface area contributed by atoms with Gasteiger partial charge in [0.2, 0.25) is 0 Å². The number of hydroxylamine groups is 1. The number of benzene rings is 2. The Balaban J connectivity index is 2.24. The van der Waals surface area contributed by atoms with E-state index in [1.165, 1.54) is 23.7 Å². The fourth-order valence-corrected chi connectivity index (χ4v) is 2.94. The van der Waals surface area contributed by atoms with Crippen molar-refractivity contribution in [3.8, 4) is 0 Å². The van der Waals surface area contributed by atoms with E-state index < -0.39 is 15.9 Å². The monoisotopic (exact) mass is 332 g/mol. The maximum atomic E-state index is 12.4. The summed E-state index contributed by atoms with van der Waals surface area (Å²) in [4.78, 5) is 11.0. The van der Waals surface area contributed by atoms with Crippen LogP contribution >= 0.6 is 0 Å². The standard InChI is InChI=1S/C16H16N2O4S/c1-12-5-8-14(9-6-12)18-23(21,22)15-4-2-3-13(11-15)7-10-16(19)17-20/h2-11,18,20H,1H3,(H,17,19)/b10-7+. The number of carbonyl (C=O) groups excluding carboxylic acids is 1. The van der Waals surface area contributed by atoms with Gasteiger partial charge in [-0.1, -0.05) is 29.8 Å². The first-order valence-corrected chi connectivity index (χ1v) is 8.21. The lowest BCUT2D eigenvalue weighted by atomic mass is 10.2. The largest absolute Gasteiger partial charge is 0.288 e. The van der Waals surface area contributed by atoms with E-state index in [0.717, 1.165) is 11.6 Å². The van der Waals surface area contributed by atoms with Crippen molar-refractivity contribution in [3.63, 3.8) is 0 Å². The summed E-state index contributed by atoms with van der Waals surface area (Å²) in [7, 11) is -3.73. The Bertz CT molecular complexity index is 827. The summed E-state index contributed by atoms with van der Waals surface area (Å²) in [5.41, 5.74) is 3.47. The highest BCUT2D eigenvalue weighted by Gasteiger charge is 2.14. The lowest BCUT2D eigenvalue weighted by Gasteiger charge is -2.09. The van der Waals surface area contributed by atoms with Gasteiger partial charge in [0, 0.05) is 11.8 Å². The van der Waals surface area contributed by atoms with E-state index >= 15 is 0 Å². The maximum Gasteiger partial charge on any atom is 0.267 e. The highest BCUT2D eigenvalue weighted by atomic mass is 32.2. The van der Waals surface area contributed by atoms with Gasteiger partial charge in [0.05, 0.1) is 4.90 Å². The van der Waals surface area contributed by atoms with Crippen LogP contribution in [-0.4, -0.2) is 19.5 Å². The van der Waals surface area contributed by atoms with Crippen LogP contribution in [0, 0.1) is 6.92 Å². The second-order valence-electron chi connectivity index (χ2n) is 4.85. The van der Waals surface area contributed by atoms with Crippen LogP contribution in [0.2, 0.25) is 0 Å². The van der Waals surface area contributed by atoms with Crippen molar-refractivity contribution in [1.82, 2.24) is 5.48 Å². The van der Waals surface area contributed by atoms with Gasteiger partial charge in [-0.2, -0.15) is 0 Å². The molecule has 0 heterocycles. The van der Waals surface area contributed by atoms with Gasteiger partial charge in [0.15, 0.2) is 0 Å². The van der Waals surface area contributed by atoms with Crippen LogP contribution in [-0.2, 0) is 14.8 Å². The van der Waals surface area contributed by atoms with Crippen molar-refractivity contribution in [2.45, 2.75) is 11.8 Å². The van der Waals surface area contributed by atoms with Crippen LogP contribution in [0.25, 0.3) is 6.08 Å². The number of rotatable bonds is 5. The summed E-state index contributed by atoms with van der Waals surface area (Å²) >= 11 is 0. The molecule has 3 N–H and O–H groups in total. The molecule has 0 saturated carbocycles. The number of amides is 1. The minimum atomic E-state index is -3.73. The zero-order valence-electron chi connectivity index (χ0n) is 12.4. The second-order valence-corrected chi connectivity index (χ2v) is 6.54. The molecule has 0 spiro atoms. The van der Waals surface area contributed by atoms with Crippen LogP contribution in [0.4, 0.5) is 5.69 Å². The molecule has 0 atom stereocenters. The lowest BCUT2D eigenvalue weighted by molar-refractivity contribution is -0.124. The van der Waals surface area contributed by atoms with Gasteiger partial charge >= 0.3 is 0 Å². The number of nitrogens with one attached hydrogen (secondary N) is 2. The highest BCUT2D eigenvalue weighted by Crippen LogP contribution is 2.18. The number of anilines is 1. The average molecular weight is 332 g/mol. The first-order chi connectivity index (χ1) is 10.9. The maximum absolute atomic E-state index is 12.4. The van der Waals surface area contributed by atoms with Crippen molar-refractivity contribution >= 4 is 27.7 Å². The topological polar surface area (TPSA) is 95.5 Å². The average Bonchev–Trinajstić information content (AvgIpc) is 2.55. The Morgan fingerprint density at radius 2 is 1.83 bits per heavy atom. The van der Waals surface area contributed by atoms with Gasteiger partial charge in [-0.05, 0) is 42.8 Å². The summed E-state index contributed by atoms with van der Waals surface area (Å²) < 4.78 is 27.3. The molecule has 1 amide bonds. The van der Waals surface area contributed by atoms with Crippen molar-refractivity contribution in [2.75, 3.05) is 4.72 Å². The minimum Gasteiger partial charge on any atom is -0.288 e. The van der Waals surface area contributed by atoms with Gasteiger partial charge in [-0.15, -0.1) is 0 Å². The third-order valence-corrected chi connectivity index (χ3v) is 4.39. The molecule has 0 aromatic heterocycles. The van der Waals surface area contributed by atoms with Gasteiger partial charge in [0.25, 0.3) is 15.9 Å². The van der Waals surface area contributed by atoms with Crippen LogP contribution in [0.3, 0.4) is 0 Å². The van der Waals surface area contributed by atoms with Crippen molar-refractivity contribution in [2.24, 2.45) is 0 Å². The van der Waals surface area contributed by atoms with Crippen LogP contribution < -0.4 is 10.2 Å². The molecule has 0 aliphatic rings. The number of aryl methyl sites for hydroxylation is 1. The Morgan fingerprint density at radius 1 is 1.13 bits per heavy atom. The fourth-order valence-electron chi connectivity index (χ4n) is 1.83. The summed E-state index contributed by atoms with van der Waals surface area (Å²) in [6, 6.07) is 13.1. The molecule has 0 bridgehead atoms. The highest BCUT2D eigenvalue weighted by molar-refractivity contribution is 7.92. The fraction of sp³-hybridized carbons (Fsp3) is 0.0625. The Hall–Kier alpha value is -2.64. The lowest BCUT2D eigenvalue weighted by Crippen LogP contribution is -2.15. The predicted molar refractivity (Wildman–Crippen MR) is 87.4 cm³/mol. The number of carbonyl (C=O) groups is 1. The van der Waals surface area contributed by atoms with Crippen molar-refractivity contribution in [3.05, 3.63) is 65.7 Å². The molecule has 0 fully saturated rings. The smallest absolute Gasteiger partial charge is 0.267 e. The van der Waals surface area contributed by atoms with E-state index in [0.29, 0.717) is 11.3 Å². The first-order valence-electron chi connectivity index (χ1n) is 6.72. The molecule has 2 aromatic rings. The second kappa shape index (κ2) is 7.08. The zero-order valence-corrected chi connectivity index (χ0v) is 13.2. The van der Waals surface area contributed by atoms with Gasteiger partial charge < -0.3 is 0 Å². The normalized spacial score (nSPS) is 11.4. The van der Waals surface area contributed by atoms with Crippen LogP contribution in [0.15, 0.2) is 59.5 Å². The molecule has 2 aromatic carbocycles. The molecular weight excluding hydrogens is 316 g/mol. The Kier molecular flexibility index (Phi) is 5.15. The summed E-state index contributed by atoms with van der Waals surface area (Å²) in [6.45, 7) is 1.91. The third kappa shape index (κ3) is 4.67. The summed E-state index contributed by atoms with van der Waals surface area (Å²) in [6.07, 6.45) is 2.50. The van der Waals surface area contributed by atoms with E-state index in [1.54, 1.807) is 24.3 Å². The molecule has 7 heteroatoms. The Labute approximate surface area is 134 Å². The summed E-state index contributed by atoms with van der Waals surface area (Å²) in [5.74, 6) is -0.698. The molecule has 0 unspecified atom stereocenters. The molecule has 0 saturated heterocycles. The predicted octanol–water partition coefficient (Wildman–Crippen LogP) is 2.31. The molecule has 0 aliphatic carbocycles. The quantitative estimate of drug-likeness (QED) is 0.445. The number of hydrogen-bond acceptors (Lipinski definition) is 4.